The second-order valence-corrected chi connectivity index (χ2v) is 6.73. The molecule has 2 aromatic rings. The standard InChI is InChI=1S/C16H13BrClFN2/c17-10-7-15-13(8-12(10)19)20-16-6-5-14(21(15)16)9-3-1-2-4-11(9)18/h1-4,7-8,14,16,20H,5-6H2/t14-,16?/m0/s1. The lowest BCUT2D eigenvalue weighted by Crippen LogP contribution is -2.31. The number of hydrogen-bond acceptors (Lipinski definition) is 2. The maximum absolute atomic E-state index is 13.7. The summed E-state index contributed by atoms with van der Waals surface area (Å²) in [4.78, 5) is 2.32. The summed E-state index contributed by atoms with van der Waals surface area (Å²) in [5.41, 5.74) is 3.03. The highest BCUT2D eigenvalue weighted by atomic mass is 79.9. The Kier molecular flexibility index (Phi) is 3.12. The van der Waals surface area contributed by atoms with Gasteiger partial charge >= 0.3 is 0 Å². The molecule has 1 N–H and O–H groups in total. The van der Waals surface area contributed by atoms with Crippen molar-refractivity contribution in [2.75, 3.05) is 10.2 Å². The first-order valence-corrected chi connectivity index (χ1v) is 8.10. The summed E-state index contributed by atoms with van der Waals surface area (Å²) in [6, 6.07) is 11.6. The normalized spacial score (nSPS) is 22.9. The van der Waals surface area contributed by atoms with Gasteiger partial charge in [-0.3, -0.25) is 0 Å². The Morgan fingerprint density at radius 2 is 2.05 bits per heavy atom. The Morgan fingerprint density at radius 3 is 2.86 bits per heavy atom. The van der Waals surface area contributed by atoms with Crippen molar-refractivity contribution in [2.24, 2.45) is 0 Å². The van der Waals surface area contributed by atoms with Gasteiger partial charge in [0.2, 0.25) is 0 Å². The lowest BCUT2D eigenvalue weighted by molar-refractivity contribution is 0.621. The average Bonchev–Trinajstić information content (AvgIpc) is 3.00. The molecule has 0 aliphatic carbocycles. The molecule has 0 spiro atoms. The van der Waals surface area contributed by atoms with Gasteiger partial charge in [-0.2, -0.15) is 0 Å². The van der Waals surface area contributed by atoms with Crippen molar-refractivity contribution in [1.82, 2.24) is 0 Å². The van der Waals surface area contributed by atoms with Crippen LogP contribution in [0.15, 0.2) is 40.9 Å². The minimum atomic E-state index is -0.239. The molecule has 0 saturated carbocycles. The molecule has 2 atom stereocenters. The van der Waals surface area contributed by atoms with Gasteiger partial charge < -0.3 is 10.2 Å². The zero-order valence-electron chi connectivity index (χ0n) is 11.1. The van der Waals surface area contributed by atoms with Gasteiger partial charge in [0.05, 0.1) is 28.1 Å². The van der Waals surface area contributed by atoms with Crippen LogP contribution in [0.4, 0.5) is 15.8 Å². The molecule has 0 amide bonds. The molecule has 21 heavy (non-hydrogen) atoms. The summed E-state index contributed by atoms with van der Waals surface area (Å²) in [6.07, 6.45) is 2.27. The molecule has 2 nitrogen and oxygen atoms in total. The van der Waals surface area contributed by atoms with Crippen molar-refractivity contribution < 1.29 is 4.39 Å². The van der Waals surface area contributed by atoms with Gasteiger partial charge in [0.1, 0.15) is 5.82 Å². The highest BCUT2D eigenvalue weighted by Crippen LogP contribution is 2.49. The fraction of sp³-hybridized carbons (Fsp3) is 0.250. The molecule has 1 fully saturated rings. The minimum absolute atomic E-state index is 0.218. The number of fused-ring (bicyclic) bond motifs is 3. The number of rotatable bonds is 1. The van der Waals surface area contributed by atoms with Crippen LogP contribution in [-0.4, -0.2) is 6.17 Å². The van der Waals surface area contributed by atoms with Gasteiger partial charge in [-0.15, -0.1) is 0 Å². The summed E-state index contributed by atoms with van der Waals surface area (Å²) < 4.78 is 14.2. The zero-order valence-corrected chi connectivity index (χ0v) is 13.5. The number of benzene rings is 2. The SMILES string of the molecule is Fc1cc2c(cc1Br)N1C(CC[C@H]1c1ccccc1Cl)N2. The van der Waals surface area contributed by atoms with Crippen LogP contribution in [0.1, 0.15) is 24.4 Å². The fourth-order valence-electron chi connectivity index (χ4n) is 3.38. The van der Waals surface area contributed by atoms with Gasteiger partial charge in [0.15, 0.2) is 0 Å². The van der Waals surface area contributed by atoms with Crippen LogP contribution in [0.2, 0.25) is 5.02 Å². The molecule has 2 aliphatic rings. The van der Waals surface area contributed by atoms with E-state index in [2.05, 4.69) is 32.2 Å². The summed E-state index contributed by atoms with van der Waals surface area (Å²) in [5, 5.41) is 4.20. The monoisotopic (exact) mass is 366 g/mol. The van der Waals surface area contributed by atoms with Crippen molar-refractivity contribution >= 4 is 38.9 Å². The van der Waals surface area contributed by atoms with E-state index in [1.165, 1.54) is 0 Å². The number of nitrogens with zero attached hydrogens (tertiary/aromatic N) is 1. The quantitative estimate of drug-likeness (QED) is 0.732. The molecule has 0 bridgehead atoms. The maximum Gasteiger partial charge on any atom is 0.139 e. The Hall–Kier alpha value is -1.26. The van der Waals surface area contributed by atoms with Crippen molar-refractivity contribution in [3.8, 4) is 0 Å². The van der Waals surface area contributed by atoms with Gasteiger partial charge in [0, 0.05) is 11.1 Å². The van der Waals surface area contributed by atoms with Gasteiger partial charge in [-0.05, 0) is 46.5 Å². The molecule has 108 valence electrons. The Balaban J connectivity index is 1.80. The van der Waals surface area contributed by atoms with Gasteiger partial charge in [-0.1, -0.05) is 29.8 Å². The topological polar surface area (TPSA) is 15.3 Å². The lowest BCUT2D eigenvalue weighted by Gasteiger charge is -2.27. The average molecular weight is 368 g/mol. The second-order valence-electron chi connectivity index (χ2n) is 5.47. The summed E-state index contributed by atoms with van der Waals surface area (Å²) in [7, 11) is 0. The van der Waals surface area contributed by atoms with Crippen molar-refractivity contribution in [3.05, 3.63) is 57.3 Å². The molecule has 2 aromatic carbocycles. The van der Waals surface area contributed by atoms with Crippen LogP contribution in [0, 0.1) is 5.82 Å². The van der Waals surface area contributed by atoms with Crippen molar-refractivity contribution in [2.45, 2.75) is 25.0 Å². The number of halogens is 3. The molecule has 0 radical (unpaired) electrons. The minimum Gasteiger partial charge on any atom is -0.363 e. The third-order valence-corrected chi connectivity index (χ3v) is 5.24. The molecule has 2 aliphatic heterocycles. The van der Waals surface area contributed by atoms with Crippen LogP contribution >= 0.6 is 27.5 Å². The number of hydrogen-bond donors (Lipinski definition) is 1. The molecule has 1 saturated heterocycles. The molecular formula is C16H13BrClFN2. The molecule has 4 rings (SSSR count). The first-order valence-electron chi connectivity index (χ1n) is 6.93. The van der Waals surface area contributed by atoms with Crippen LogP contribution in [0.25, 0.3) is 0 Å². The van der Waals surface area contributed by atoms with Crippen molar-refractivity contribution in [3.63, 3.8) is 0 Å². The predicted molar refractivity (Wildman–Crippen MR) is 87.4 cm³/mol. The third kappa shape index (κ3) is 2.04. The van der Waals surface area contributed by atoms with E-state index in [1.807, 2.05) is 24.3 Å². The maximum atomic E-state index is 13.7. The van der Waals surface area contributed by atoms with Gasteiger partial charge in [-0.25, -0.2) is 4.39 Å². The van der Waals surface area contributed by atoms with Crippen LogP contribution < -0.4 is 10.2 Å². The second kappa shape index (κ2) is 4.89. The third-order valence-electron chi connectivity index (χ3n) is 4.29. The summed E-state index contributed by atoms with van der Waals surface area (Å²) >= 11 is 9.64. The van der Waals surface area contributed by atoms with Crippen LogP contribution in [0.3, 0.4) is 0 Å². The molecule has 2 heterocycles. The van der Waals surface area contributed by atoms with Crippen molar-refractivity contribution in [1.29, 1.82) is 0 Å². The van der Waals surface area contributed by atoms with Crippen LogP contribution in [0.5, 0.6) is 0 Å². The van der Waals surface area contributed by atoms with E-state index in [0.717, 1.165) is 34.8 Å². The lowest BCUT2D eigenvalue weighted by atomic mass is 10.0. The molecule has 5 heteroatoms. The smallest absolute Gasteiger partial charge is 0.139 e. The highest BCUT2D eigenvalue weighted by molar-refractivity contribution is 9.10. The molecule has 1 unspecified atom stereocenters. The van der Waals surface area contributed by atoms with E-state index in [-0.39, 0.29) is 18.0 Å². The van der Waals surface area contributed by atoms with Gasteiger partial charge in [0.25, 0.3) is 0 Å². The largest absolute Gasteiger partial charge is 0.363 e. The van der Waals surface area contributed by atoms with E-state index < -0.39 is 0 Å². The molecular weight excluding hydrogens is 355 g/mol. The first-order chi connectivity index (χ1) is 10.1. The van der Waals surface area contributed by atoms with E-state index in [9.17, 15) is 4.39 Å². The Bertz CT molecular complexity index is 721. The zero-order chi connectivity index (χ0) is 14.6. The van der Waals surface area contributed by atoms with Crippen LogP contribution in [-0.2, 0) is 0 Å². The van der Waals surface area contributed by atoms with E-state index in [0.29, 0.717) is 4.47 Å². The first kappa shape index (κ1) is 13.4. The summed E-state index contributed by atoms with van der Waals surface area (Å²) in [5.74, 6) is -0.239. The number of anilines is 2. The van der Waals surface area contributed by atoms with E-state index in [1.54, 1.807) is 6.07 Å². The Labute approximate surface area is 136 Å². The fourth-order valence-corrected chi connectivity index (χ4v) is 3.98. The van der Waals surface area contributed by atoms with E-state index >= 15 is 0 Å². The van der Waals surface area contributed by atoms with E-state index in [4.69, 9.17) is 11.6 Å². The molecule has 0 aromatic heterocycles. The summed E-state index contributed by atoms with van der Waals surface area (Å²) in [6.45, 7) is 0. The predicted octanol–water partition coefficient (Wildman–Crippen LogP) is 5.33. The Morgan fingerprint density at radius 1 is 1.24 bits per heavy atom. The number of nitrogens with one attached hydrogen (secondary N) is 1. The highest BCUT2D eigenvalue weighted by Gasteiger charge is 2.41.